The lowest BCUT2D eigenvalue weighted by molar-refractivity contribution is -0.143. The summed E-state index contributed by atoms with van der Waals surface area (Å²) < 4.78 is 5.51. The minimum absolute atomic E-state index is 0.0184. The van der Waals surface area contributed by atoms with Gasteiger partial charge in [0, 0.05) is 12.8 Å². The van der Waals surface area contributed by atoms with Crippen LogP contribution in [-0.2, 0) is 14.3 Å². The van der Waals surface area contributed by atoms with Gasteiger partial charge in [0.25, 0.3) is 0 Å². The van der Waals surface area contributed by atoms with Crippen LogP contribution in [0.2, 0.25) is 0 Å². The number of amides is 1. The van der Waals surface area contributed by atoms with Crippen LogP contribution < -0.4 is 5.32 Å². The Bertz CT molecular complexity index is 1270. The third-order valence-electron chi connectivity index (χ3n) is 17.5. The van der Waals surface area contributed by atoms with E-state index in [1.807, 2.05) is 6.08 Å². The number of aliphatic hydroxyl groups is 2. The third-order valence-corrected chi connectivity index (χ3v) is 17.5. The number of esters is 1. The molecule has 0 saturated carbocycles. The number of hydrogen-bond donors (Lipinski definition) is 3. The maximum atomic E-state index is 12.5. The Kier molecular flexibility index (Phi) is 69.4. The number of rotatable bonds is 70. The first-order chi connectivity index (χ1) is 40.0. The van der Waals surface area contributed by atoms with Crippen molar-refractivity contribution in [1.82, 2.24) is 5.32 Å². The van der Waals surface area contributed by atoms with Crippen molar-refractivity contribution in [2.75, 3.05) is 13.2 Å². The first-order valence-electron chi connectivity index (χ1n) is 37.1. The van der Waals surface area contributed by atoms with Crippen LogP contribution in [0, 0.1) is 0 Å². The maximum absolute atomic E-state index is 12.5. The SMILES string of the molecule is CCCCCCCCCCCCCCCCCCCCC/C=C/C(O)C(CO)NC(=O)CCCCCCCCCCC/C=C\CCCCCCCCCCCCCCOC(=O)CCCCCCCCCCCCCCCCCCCC. The molecular formula is C75H145NO5. The summed E-state index contributed by atoms with van der Waals surface area (Å²) in [6, 6.07) is -0.631. The average molecular weight is 1140 g/mol. The first kappa shape index (κ1) is 79.3. The molecule has 0 aliphatic rings. The second-order valence-electron chi connectivity index (χ2n) is 25.6. The number of carbonyl (C=O) groups excluding carboxylic acids is 2. The summed E-state index contributed by atoms with van der Waals surface area (Å²) in [5, 5.41) is 23.3. The molecule has 2 unspecified atom stereocenters. The lowest BCUT2D eigenvalue weighted by Crippen LogP contribution is -2.45. The van der Waals surface area contributed by atoms with Crippen molar-refractivity contribution in [2.45, 2.75) is 431 Å². The largest absolute Gasteiger partial charge is 0.466 e. The fourth-order valence-electron chi connectivity index (χ4n) is 11.8. The first-order valence-corrected chi connectivity index (χ1v) is 37.1. The van der Waals surface area contributed by atoms with Crippen LogP contribution in [-0.4, -0.2) is 47.4 Å². The summed E-state index contributed by atoms with van der Waals surface area (Å²) in [4.78, 5) is 24.6. The number of nitrogens with one attached hydrogen (secondary N) is 1. The van der Waals surface area contributed by atoms with Gasteiger partial charge in [0.1, 0.15) is 0 Å². The summed E-state index contributed by atoms with van der Waals surface area (Å²) in [5.74, 6) is -0.0484. The summed E-state index contributed by atoms with van der Waals surface area (Å²) in [5.41, 5.74) is 0. The van der Waals surface area contributed by atoms with Gasteiger partial charge in [-0.25, -0.2) is 0 Å². The molecule has 480 valence electrons. The van der Waals surface area contributed by atoms with Crippen molar-refractivity contribution < 1.29 is 24.5 Å². The van der Waals surface area contributed by atoms with Crippen LogP contribution in [0.3, 0.4) is 0 Å². The molecule has 0 radical (unpaired) electrons. The average Bonchev–Trinajstić information content (AvgIpc) is 3.47. The van der Waals surface area contributed by atoms with Gasteiger partial charge in [0.15, 0.2) is 0 Å². The Balaban J connectivity index is 3.40. The molecule has 1 amide bonds. The number of carbonyl (C=O) groups is 2. The number of hydrogen-bond acceptors (Lipinski definition) is 5. The highest BCUT2D eigenvalue weighted by Gasteiger charge is 2.18. The Labute approximate surface area is 507 Å². The molecule has 0 saturated heterocycles. The quantitative estimate of drug-likeness (QED) is 0.0320. The van der Waals surface area contributed by atoms with E-state index in [0.717, 1.165) is 38.5 Å². The van der Waals surface area contributed by atoms with Gasteiger partial charge in [-0.3, -0.25) is 9.59 Å². The molecule has 0 aromatic rings. The summed E-state index contributed by atoms with van der Waals surface area (Å²) in [6.45, 7) is 4.95. The molecule has 0 rings (SSSR count). The minimum atomic E-state index is -0.847. The molecule has 0 aliphatic heterocycles. The lowest BCUT2D eigenvalue weighted by Gasteiger charge is -2.20. The van der Waals surface area contributed by atoms with E-state index in [9.17, 15) is 19.8 Å². The molecule has 0 spiro atoms. The third kappa shape index (κ3) is 67.3. The van der Waals surface area contributed by atoms with Gasteiger partial charge in [-0.2, -0.15) is 0 Å². The van der Waals surface area contributed by atoms with Crippen LogP contribution >= 0.6 is 0 Å². The highest BCUT2D eigenvalue weighted by Crippen LogP contribution is 2.19. The van der Waals surface area contributed by atoms with Gasteiger partial charge in [0.05, 0.1) is 25.4 Å². The monoisotopic (exact) mass is 1140 g/mol. The van der Waals surface area contributed by atoms with E-state index in [1.54, 1.807) is 6.08 Å². The van der Waals surface area contributed by atoms with E-state index < -0.39 is 12.1 Å². The number of ether oxygens (including phenoxy) is 1. The number of allylic oxidation sites excluding steroid dienone is 3. The zero-order valence-corrected chi connectivity index (χ0v) is 55.0. The van der Waals surface area contributed by atoms with Gasteiger partial charge in [-0.05, 0) is 57.8 Å². The fourth-order valence-corrected chi connectivity index (χ4v) is 11.8. The Morgan fingerprint density at radius 1 is 0.333 bits per heavy atom. The van der Waals surface area contributed by atoms with Gasteiger partial charge in [-0.15, -0.1) is 0 Å². The zero-order valence-electron chi connectivity index (χ0n) is 55.0. The van der Waals surface area contributed by atoms with Crippen LogP contribution in [0.4, 0.5) is 0 Å². The summed E-state index contributed by atoms with van der Waals surface area (Å²) >= 11 is 0. The molecule has 0 aliphatic carbocycles. The molecule has 0 aromatic heterocycles. The highest BCUT2D eigenvalue weighted by molar-refractivity contribution is 5.76. The second kappa shape index (κ2) is 70.8. The molecule has 6 nitrogen and oxygen atoms in total. The van der Waals surface area contributed by atoms with Crippen LogP contribution in [0.1, 0.15) is 418 Å². The zero-order chi connectivity index (χ0) is 58.5. The van der Waals surface area contributed by atoms with Crippen molar-refractivity contribution in [3.8, 4) is 0 Å². The van der Waals surface area contributed by atoms with Crippen molar-refractivity contribution >= 4 is 11.9 Å². The van der Waals surface area contributed by atoms with Gasteiger partial charge >= 0.3 is 5.97 Å². The predicted octanol–water partition coefficient (Wildman–Crippen LogP) is 24.1. The summed E-state index contributed by atoms with van der Waals surface area (Å²) in [6.07, 6.45) is 89.8. The van der Waals surface area contributed by atoms with E-state index in [4.69, 9.17) is 4.74 Å². The molecule has 3 N–H and O–H groups in total. The topological polar surface area (TPSA) is 95.9 Å². The molecule has 0 aromatic carbocycles. The minimum Gasteiger partial charge on any atom is -0.466 e. The van der Waals surface area contributed by atoms with E-state index >= 15 is 0 Å². The van der Waals surface area contributed by atoms with Crippen molar-refractivity contribution in [3.63, 3.8) is 0 Å². The molecule has 81 heavy (non-hydrogen) atoms. The van der Waals surface area contributed by atoms with E-state index in [1.165, 1.54) is 353 Å². The molecule has 2 atom stereocenters. The molecule has 0 bridgehead atoms. The van der Waals surface area contributed by atoms with Crippen molar-refractivity contribution in [3.05, 3.63) is 24.3 Å². The molecular weight excluding hydrogens is 995 g/mol. The van der Waals surface area contributed by atoms with Gasteiger partial charge in [0.2, 0.25) is 5.91 Å². The predicted molar refractivity (Wildman–Crippen MR) is 356 cm³/mol. The van der Waals surface area contributed by atoms with E-state index in [0.29, 0.717) is 19.4 Å². The van der Waals surface area contributed by atoms with Crippen LogP contribution in [0.5, 0.6) is 0 Å². The smallest absolute Gasteiger partial charge is 0.305 e. The number of unbranched alkanes of at least 4 members (excludes halogenated alkanes) is 57. The number of aliphatic hydroxyl groups excluding tert-OH is 2. The normalized spacial score (nSPS) is 12.6. The Morgan fingerprint density at radius 3 is 0.877 bits per heavy atom. The molecule has 0 heterocycles. The van der Waals surface area contributed by atoms with Gasteiger partial charge < -0.3 is 20.3 Å². The Morgan fingerprint density at radius 2 is 0.580 bits per heavy atom. The van der Waals surface area contributed by atoms with E-state index in [2.05, 4.69) is 31.3 Å². The lowest BCUT2D eigenvalue weighted by atomic mass is 10.0. The van der Waals surface area contributed by atoms with Crippen LogP contribution in [0.15, 0.2) is 24.3 Å². The Hall–Kier alpha value is -1.66. The standard InChI is InChI=1S/C75H145NO5/c1-3-5-7-9-11-13-15-17-19-21-23-29-32-35-39-43-47-51-55-59-63-67-73(78)72(71-77)76-74(79)68-64-60-56-52-48-44-40-36-33-30-27-25-24-26-28-31-34-38-42-46-50-54-58-62-66-70-81-75(80)69-65-61-57-53-49-45-41-37-22-20-18-16-14-12-10-8-6-4-2/h25,27,63,67,72-73,77-78H,3-24,26,28-62,64-66,68-71H2,1-2H3,(H,76,79)/b27-25-,67-63+. The fraction of sp³-hybridized carbons (Fsp3) is 0.920. The molecule has 6 heteroatoms. The summed E-state index contributed by atoms with van der Waals surface area (Å²) in [7, 11) is 0. The van der Waals surface area contributed by atoms with Crippen molar-refractivity contribution in [1.29, 1.82) is 0 Å². The van der Waals surface area contributed by atoms with Gasteiger partial charge in [-0.1, -0.05) is 372 Å². The highest BCUT2D eigenvalue weighted by atomic mass is 16.5. The molecule has 0 fully saturated rings. The van der Waals surface area contributed by atoms with Crippen LogP contribution in [0.25, 0.3) is 0 Å². The van der Waals surface area contributed by atoms with E-state index in [-0.39, 0.29) is 18.5 Å². The second-order valence-corrected chi connectivity index (χ2v) is 25.6. The van der Waals surface area contributed by atoms with Crippen molar-refractivity contribution in [2.24, 2.45) is 0 Å². The maximum Gasteiger partial charge on any atom is 0.305 e.